The second-order valence-electron chi connectivity index (χ2n) is 7.17. The fraction of sp³-hybridized carbons (Fsp3) is 0. The lowest BCUT2D eigenvalue weighted by molar-refractivity contribution is 1.30. The van der Waals surface area contributed by atoms with Crippen LogP contribution >= 0.6 is 0 Å². The van der Waals surface area contributed by atoms with Gasteiger partial charge in [0, 0.05) is 33.9 Å². The molecule has 30 heavy (non-hydrogen) atoms. The summed E-state index contributed by atoms with van der Waals surface area (Å²) in [5.74, 6) is 0. The molecule has 2 aromatic heterocycles. The summed E-state index contributed by atoms with van der Waals surface area (Å²) in [7, 11) is 0. The van der Waals surface area contributed by atoms with Crippen molar-refractivity contribution in [2.45, 2.75) is 0 Å². The fourth-order valence-corrected chi connectivity index (χ4v) is 4.30. The van der Waals surface area contributed by atoms with Gasteiger partial charge in [-0.2, -0.15) is 0 Å². The van der Waals surface area contributed by atoms with Crippen molar-refractivity contribution in [3.05, 3.63) is 110 Å². The molecule has 0 bridgehead atoms. The predicted octanol–water partition coefficient (Wildman–Crippen LogP) is 7.79. The number of nitrogens with zero attached hydrogens (tertiary/aromatic N) is 2. The molecule has 0 atom stereocenters. The average Bonchev–Trinajstić information content (AvgIpc) is 3.32. The summed E-state index contributed by atoms with van der Waals surface area (Å²) in [4.78, 5) is 0. The van der Waals surface area contributed by atoms with Gasteiger partial charge in [-0.3, -0.25) is 0 Å². The minimum absolute atomic E-state index is 1.22. The number of para-hydroxylation sites is 4. The highest BCUT2D eigenvalue weighted by Gasteiger charge is 2.07. The summed E-state index contributed by atoms with van der Waals surface area (Å²) in [5, 5.41) is 5.14. The molecule has 0 spiro atoms. The number of hydrogen-bond donors (Lipinski definition) is 0. The zero-order chi connectivity index (χ0) is 20.5. The largest absolute Gasteiger partial charge is 0.317 e. The Morgan fingerprint density at radius 2 is 0.633 bits per heavy atom. The highest BCUT2D eigenvalue weighted by Crippen LogP contribution is 2.29. The molecule has 0 aliphatic heterocycles. The summed E-state index contributed by atoms with van der Waals surface area (Å²) in [5.41, 5.74) is 4.87. The Morgan fingerprint density at radius 3 is 0.867 bits per heavy atom. The Labute approximate surface area is 175 Å². The Kier molecular flexibility index (Phi) is 4.45. The maximum absolute atomic E-state index is 3.87. The standard InChI is InChI=1S/2C14H11N/c2*1-2-15-13-9-5-3-7-11(13)12-8-4-6-10-14(12)15/h2*2-10H,1H2. The van der Waals surface area contributed by atoms with Crippen LogP contribution in [0.25, 0.3) is 56.0 Å². The molecule has 0 saturated heterocycles. The summed E-state index contributed by atoms with van der Waals surface area (Å²) in [6.07, 6.45) is 3.73. The highest BCUT2D eigenvalue weighted by atomic mass is 15.0. The van der Waals surface area contributed by atoms with Crippen LogP contribution < -0.4 is 0 Å². The topological polar surface area (TPSA) is 9.86 Å². The maximum Gasteiger partial charge on any atom is 0.0534 e. The van der Waals surface area contributed by atoms with Gasteiger partial charge < -0.3 is 9.13 Å². The SMILES string of the molecule is C=Cn1c2ccccc2c2ccccc21.C=Cn1c2ccccc2c2ccccc21. The number of benzene rings is 4. The van der Waals surface area contributed by atoms with Gasteiger partial charge in [0.25, 0.3) is 0 Å². The van der Waals surface area contributed by atoms with E-state index in [1.165, 1.54) is 43.6 Å². The number of aromatic nitrogens is 2. The number of hydrogen-bond acceptors (Lipinski definition) is 0. The second-order valence-corrected chi connectivity index (χ2v) is 7.17. The first-order chi connectivity index (χ1) is 14.8. The van der Waals surface area contributed by atoms with Crippen molar-refractivity contribution in [1.82, 2.24) is 9.13 Å². The third-order valence-corrected chi connectivity index (χ3v) is 5.60. The first kappa shape index (κ1) is 18.0. The van der Waals surface area contributed by atoms with Crippen LogP contribution in [0.15, 0.2) is 110 Å². The molecule has 2 heteroatoms. The van der Waals surface area contributed by atoms with Crippen molar-refractivity contribution >= 4 is 56.0 Å². The van der Waals surface area contributed by atoms with Gasteiger partial charge in [-0.25, -0.2) is 0 Å². The van der Waals surface area contributed by atoms with Gasteiger partial charge in [-0.05, 0) is 24.3 Å². The van der Waals surface area contributed by atoms with Gasteiger partial charge in [0.15, 0.2) is 0 Å². The zero-order valence-electron chi connectivity index (χ0n) is 16.7. The first-order valence-corrected chi connectivity index (χ1v) is 10.0. The van der Waals surface area contributed by atoms with Crippen LogP contribution in [0.4, 0.5) is 0 Å². The fourth-order valence-electron chi connectivity index (χ4n) is 4.30. The molecule has 0 aliphatic carbocycles. The van der Waals surface area contributed by atoms with E-state index in [2.05, 4.69) is 119 Å². The molecule has 0 amide bonds. The van der Waals surface area contributed by atoms with Crippen molar-refractivity contribution in [3.63, 3.8) is 0 Å². The van der Waals surface area contributed by atoms with Crippen molar-refractivity contribution in [2.75, 3.05) is 0 Å². The van der Waals surface area contributed by atoms with Gasteiger partial charge in [-0.1, -0.05) is 86.0 Å². The minimum atomic E-state index is 1.22. The molecule has 0 aliphatic rings. The minimum Gasteiger partial charge on any atom is -0.317 e. The Hall–Kier alpha value is -4.04. The van der Waals surface area contributed by atoms with Crippen LogP contribution in [-0.4, -0.2) is 9.13 Å². The first-order valence-electron chi connectivity index (χ1n) is 10.0. The van der Waals surface area contributed by atoms with Crippen LogP contribution in [0.5, 0.6) is 0 Å². The molecule has 6 rings (SSSR count). The molecular formula is C28H22N2. The Morgan fingerprint density at radius 1 is 0.400 bits per heavy atom. The van der Waals surface area contributed by atoms with E-state index in [1.807, 2.05) is 12.4 Å². The van der Waals surface area contributed by atoms with Crippen molar-refractivity contribution in [1.29, 1.82) is 0 Å². The van der Waals surface area contributed by atoms with E-state index in [0.29, 0.717) is 0 Å². The molecule has 2 nitrogen and oxygen atoms in total. The molecule has 2 heterocycles. The molecule has 0 unspecified atom stereocenters. The molecule has 0 fully saturated rings. The van der Waals surface area contributed by atoms with Gasteiger partial charge in [0.1, 0.15) is 0 Å². The lowest BCUT2D eigenvalue weighted by atomic mass is 10.2. The summed E-state index contributed by atoms with van der Waals surface area (Å²) in [6.45, 7) is 7.73. The Balaban J connectivity index is 0.000000128. The van der Waals surface area contributed by atoms with Crippen LogP contribution in [-0.2, 0) is 0 Å². The van der Waals surface area contributed by atoms with E-state index in [9.17, 15) is 0 Å². The normalized spacial score (nSPS) is 10.9. The average molecular weight is 386 g/mol. The Bertz CT molecular complexity index is 1300. The quantitative estimate of drug-likeness (QED) is 0.287. The molecule has 4 aromatic carbocycles. The highest BCUT2D eigenvalue weighted by molar-refractivity contribution is 6.10. The van der Waals surface area contributed by atoms with E-state index < -0.39 is 0 Å². The summed E-state index contributed by atoms with van der Waals surface area (Å²) in [6, 6.07) is 33.6. The molecule has 144 valence electrons. The monoisotopic (exact) mass is 386 g/mol. The van der Waals surface area contributed by atoms with Crippen LogP contribution in [0.3, 0.4) is 0 Å². The third-order valence-electron chi connectivity index (χ3n) is 5.60. The van der Waals surface area contributed by atoms with Crippen LogP contribution in [0.1, 0.15) is 0 Å². The molecule has 0 radical (unpaired) electrons. The van der Waals surface area contributed by atoms with E-state index in [1.54, 1.807) is 0 Å². The van der Waals surface area contributed by atoms with Gasteiger partial charge in [-0.15, -0.1) is 0 Å². The lowest BCUT2D eigenvalue weighted by Crippen LogP contribution is -1.82. The third kappa shape index (κ3) is 2.73. The van der Waals surface area contributed by atoms with Gasteiger partial charge in [0.05, 0.1) is 22.1 Å². The summed E-state index contributed by atoms with van der Waals surface area (Å²) < 4.78 is 4.26. The van der Waals surface area contributed by atoms with Crippen LogP contribution in [0.2, 0.25) is 0 Å². The molecule has 0 saturated carbocycles. The molecular weight excluding hydrogens is 364 g/mol. The zero-order valence-corrected chi connectivity index (χ0v) is 16.7. The summed E-state index contributed by atoms with van der Waals surface area (Å²) >= 11 is 0. The van der Waals surface area contributed by atoms with E-state index in [0.717, 1.165) is 0 Å². The number of rotatable bonds is 2. The van der Waals surface area contributed by atoms with E-state index in [4.69, 9.17) is 0 Å². The lowest BCUT2D eigenvalue weighted by Gasteiger charge is -1.97. The van der Waals surface area contributed by atoms with E-state index >= 15 is 0 Å². The molecule has 6 aromatic rings. The van der Waals surface area contributed by atoms with Gasteiger partial charge in [0.2, 0.25) is 0 Å². The van der Waals surface area contributed by atoms with Crippen molar-refractivity contribution in [2.24, 2.45) is 0 Å². The second kappa shape index (κ2) is 7.41. The van der Waals surface area contributed by atoms with Gasteiger partial charge >= 0.3 is 0 Å². The van der Waals surface area contributed by atoms with E-state index in [-0.39, 0.29) is 0 Å². The van der Waals surface area contributed by atoms with Crippen molar-refractivity contribution in [3.8, 4) is 0 Å². The van der Waals surface area contributed by atoms with Crippen molar-refractivity contribution < 1.29 is 0 Å². The predicted molar refractivity (Wildman–Crippen MR) is 132 cm³/mol. The number of fused-ring (bicyclic) bond motifs is 6. The van der Waals surface area contributed by atoms with Crippen LogP contribution in [0, 0.1) is 0 Å². The molecule has 0 N–H and O–H groups in total. The smallest absolute Gasteiger partial charge is 0.0534 e. The maximum atomic E-state index is 3.87.